The Hall–Kier alpha value is -0.643. The number of rotatable bonds is 5. The van der Waals surface area contributed by atoms with E-state index >= 15 is 0 Å². The summed E-state index contributed by atoms with van der Waals surface area (Å²) in [6.07, 6.45) is 1.04. The van der Waals surface area contributed by atoms with Crippen LogP contribution in [-0.2, 0) is 35.1 Å². The Morgan fingerprint density at radius 1 is 1.03 bits per heavy atom. The predicted molar refractivity (Wildman–Crippen MR) is 138 cm³/mol. The van der Waals surface area contributed by atoms with Gasteiger partial charge in [0.15, 0.2) is 0 Å². The van der Waals surface area contributed by atoms with Gasteiger partial charge in [-0.15, -0.1) is 40.6 Å². The zero-order chi connectivity index (χ0) is 22.8. The smallest absolute Gasteiger partial charge is 1.00 e. The number of halogens is 2. The Morgan fingerprint density at radius 3 is 2.24 bits per heavy atom. The molecule has 4 rings (SSSR count). The monoisotopic (exact) mass is 590 g/mol. The van der Waals surface area contributed by atoms with Crippen molar-refractivity contribution in [2.24, 2.45) is 0 Å². The fourth-order valence-corrected chi connectivity index (χ4v) is 6.98. The van der Waals surface area contributed by atoms with Gasteiger partial charge in [-0.05, 0) is 48.3 Å². The Balaban J connectivity index is 0.00000103. The Morgan fingerprint density at radius 2 is 1.67 bits per heavy atom. The maximum Gasteiger partial charge on any atom is -1.00 e. The molecule has 1 aliphatic rings. The van der Waals surface area contributed by atoms with E-state index < -0.39 is 17.1 Å². The first-order valence-corrected chi connectivity index (χ1v) is 18.5. The van der Waals surface area contributed by atoms with E-state index in [1.54, 1.807) is 5.20 Å². The van der Waals surface area contributed by atoms with Gasteiger partial charge in [-0.25, -0.2) is 0 Å². The van der Waals surface area contributed by atoms with Crippen molar-refractivity contribution in [1.29, 1.82) is 0 Å². The average Bonchev–Trinajstić information content (AvgIpc) is 3.26. The van der Waals surface area contributed by atoms with Crippen molar-refractivity contribution in [1.82, 2.24) is 0 Å². The SMILES string of the molecule is CCc1cccc2c1C(O[Si](C)(C)C)=C([Si](C)C)C2[c-]1ccc2ccccc21.C[CH]=[Zr+2].[Cl-].[Cl-]. The van der Waals surface area contributed by atoms with Crippen molar-refractivity contribution in [2.45, 2.75) is 58.9 Å². The maximum atomic E-state index is 6.83. The molecule has 0 aromatic heterocycles. The molecule has 0 saturated heterocycles. The quantitative estimate of drug-likeness (QED) is 0.323. The van der Waals surface area contributed by atoms with Gasteiger partial charge in [-0.3, -0.25) is 0 Å². The summed E-state index contributed by atoms with van der Waals surface area (Å²) in [5.74, 6) is 1.55. The minimum atomic E-state index is -1.72. The van der Waals surface area contributed by atoms with Gasteiger partial charge in [-0.2, -0.15) is 6.07 Å². The molecular formula is C27H34Cl2OSi2Zr-. The largest absolute Gasteiger partial charge is 1.00 e. The second-order valence-corrected chi connectivity index (χ2v) is 17.7. The molecule has 1 radical (unpaired) electrons. The number of benzene rings is 2. The number of fused-ring (bicyclic) bond motifs is 2. The number of hydrogen-bond acceptors (Lipinski definition) is 1. The first-order chi connectivity index (χ1) is 14.7. The van der Waals surface area contributed by atoms with Crippen LogP contribution in [0.25, 0.3) is 16.5 Å². The summed E-state index contributed by atoms with van der Waals surface area (Å²) in [5.41, 5.74) is 5.71. The van der Waals surface area contributed by atoms with E-state index in [0.29, 0.717) is 5.92 Å². The molecule has 0 aliphatic heterocycles. The second kappa shape index (κ2) is 12.9. The van der Waals surface area contributed by atoms with Crippen LogP contribution in [0.2, 0.25) is 32.7 Å². The van der Waals surface area contributed by atoms with Crippen molar-refractivity contribution < 1.29 is 53.5 Å². The molecule has 0 heterocycles. The van der Waals surface area contributed by atoms with E-state index in [1.807, 2.05) is 6.92 Å². The summed E-state index contributed by atoms with van der Waals surface area (Å²) < 4.78 is 8.92. The van der Waals surface area contributed by atoms with Crippen LogP contribution in [0.15, 0.2) is 59.8 Å². The number of allylic oxidation sites excluding steroid dienone is 1. The molecule has 0 bridgehead atoms. The van der Waals surface area contributed by atoms with Crippen molar-refractivity contribution >= 4 is 37.4 Å². The average molecular weight is 593 g/mol. The summed E-state index contributed by atoms with van der Waals surface area (Å²) in [5, 5.41) is 4.28. The van der Waals surface area contributed by atoms with E-state index in [2.05, 4.69) is 98.0 Å². The molecule has 0 N–H and O–H groups in total. The minimum Gasteiger partial charge on any atom is -1.00 e. The van der Waals surface area contributed by atoms with Gasteiger partial charge in [0.2, 0.25) is 8.32 Å². The topological polar surface area (TPSA) is 9.23 Å². The number of aryl methyl sites for hydroxylation is 1. The van der Waals surface area contributed by atoms with Crippen LogP contribution in [0.4, 0.5) is 0 Å². The minimum absolute atomic E-state index is 0. The predicted octanol–water partition coefficient (Wildman–Crippen LogP) is 1.49. The molecule has 0 spiro atoms. The van der Waals surface area contributed by atoms with Gasteiger partial charge in [0.25, 0.3) is 0 Å². The van der Waals surface area contributed by atoms with Crippen LogP contribution in [0.3, 0.4) is 0 Å². The molecule has 6 heteroatoms. The molecule has 1 nitrogen and oxygen atoms in total. The maximum absolute atomic E-state index is 6.83. The number of hydrogen-bond donors (Lipinski definition) is 0. The molecule has 0 saturated carbocycles. The molecule has 175 valence electrons. The zero-order valence-electron chi connectivity index (χ0n) is 20.7. The summed E-state index contributed by atoms with van der Waals surface area (Å²) >= 11 is 1.51. The Labute approximate surface area is 230 Å². The molecule has 1 aliphatic carbocycles. The van der Waals surface area contributed by atoms with Gasteiger partial charge in [0.05, 0.1) is 8.80 Å². The normalized spacial score (nSPS) is 14.8. The van der Waals surface area contributed by atoms with Crippen LogP contribution < -0.4 is 24.8 Å². The summed E-state index contributed by atoms with van der Waals surface area (Å²) in [6, 6.07) is 20.3. The van der Waals surface area contributed by atoms with Crippen LogP contribution in [0.1, 0.15) is 42.0 Å². The molecular weight excluding hydrogens is 559 g/mol. The Bertz CT molecular complexity index is 1110. The molecule has 1 atom stereocenters. The van der Waals surface area contributed by atoms with Crippen molar-refractivity contribution in [3.63, 3.8) is 0 Å². The van der Waals surface area contributed by atoms with E-state index in [9.17, 15) is 0 Å². The molecule has 33 heavy (non-hydrogen) atoms. The third kappa shape index (κ3) is 6.52. The van der Waals surface area contributed by atoms with Crippen molar-refractivity contribution in [3.05, 3.63) is 82.0 Å². The third-order valence-corrected chi connectivity index (χ3v) is 8.02. The standard InChI is InChI=1S/C25H30OSi2.C2H4.2ClH.Zr/c1-7-17-12-10-14-21-22(17)24(26-28(4,5)6)25(27(2)3)23(21)20-16-15-18-11-8-9-13-19(18)20;1-2;;;/h8-16,23H,7H2,1-6H3;1H,2H3;2*1H;/q-1;;;;+2/p-2. The zero-order valence-corrected chi connectivity index (χ0v) is 26.7. The van der Waals surface area contributed by atoms with E-state index in [4.69, 9.17) is 4.43 Å². The summed E-state index contributed by atoms with van der Waals surface area (Å²) in [6.45, 7) is 16.0. The van der Waals surface area contributed by atoms with Crippen molar-refractivity contribution in [3.8, 4) is 0 Å². The fourth-order valence-electron chi connectivity index (χ4n) is 4.53. The van der Waals surface area contributed by atoms with Gasteiger partial charge >= 0.3 is 34.9 Å². The van der Waals surface area contributed by atoms with E-state index in [0.717, 1.165) is 6.42 Å². The van der Waals surface area contributed by atoms with Crippen LogP contribution in [-0.4, -0.2) is 20.8 Å². The summed E-state index contributed by atoms with van der Waals surface area (Å²) in [7, 11) is -2.41. The molecule has 3 aromatic rings. The van der Waals surface area contributed by atoms with Gasteiger partial charge in [-0.1, -0.05) is 44.3 Å². The van der Waals surface area contributed by atoms with Gasteiger partial charge in [0.1, 0.15) is 5.76 Å². The fraction of sp³-hybridized carbons (Fsp3) is 0.333. The molecule has 3 aromatic carbocycles. The summed E-state index contributed by atoms with van der Waals surface area (Å²) in [4.78, 5) is 0. The third-order valence-electron chi connectivity index (χ3n) is 5.61. The molecule has 0 fully saturated rings. The van der Waals surface area contributed by atoms with Crippen LogP contribution in [0, 0.1) is 0 Å². The first-order valence-electron chi connectivity index (χ1n) is 11.2. The Kier molecular flexibility index (Phi) is 11.9. The van der Waals surface area contributed by atoms with Crippen molar-refractivity contribution in [2.75, 3.05) is 0 Å². The molecule has 0 amide bonds. The van der Waals surface area contributed by atoms with E-state index in [-0.39, 0.29) is 24.8 Å². The van der Waals surface area contributed by atoms with Gasteiger partial charge < -0.3 is 29.2 Å². The molecule has 1 unspecified atom stereocenters. The van der Waals surface area contributed by atoms with E-state index in [1.165, 1.54) is 63.0 Å². The van der Waals surface area contributed by atoms with Gasteiger partial charge in [0, 0.05) is 5.56 Å². The first kappa shape index (κ1) is 30.4. The van der Waals surface area contributed by atoms with Crippen LogP contribution >= 0.6 is 0 Å². The van der Waals surface area contributed by atoms with Crippen LogP contribution in [0.5, 0.6) is 0 Å². The second-order valence-electron chi connectivity index (χ2n) is 9.29.